The number of nitrogens with one attached hydrogen (secondary N) is 1. The van der Waals surface area contributed by atoms with Crippen molar-refractivity contribution in [2.45, 2.75) is 58.6 Å². The lowest BCUT2D eigenvalue weighted by atomic mass is 9.74. The number of esters is 1. The van der Waals surface area contributed by atoms with Gasteiger partial charge in [-0.1, -0.05) is 31.9 Å². The first-order valence-electron chi connectivity index (χ1n) is 14.2. The number of ether oxygens (including phenoxy) is 2. The summed E-state index contributed by atoms with van der Waals surface area (Å²) in [5, 5.41) is 12.6. The van der Waals surface area contributed by atoms with Crippen LogP contribution in [0.1, 0.15) is 50.8 Å². The minimum atomic E-state index is -1.54. The van der Waals surface area contributed by atoms with Crippen LogP contribution in [-0.2, 0) is 35.0 Å². The third kappa shape index (κ3) is 5.98. The number of hydrogen-bond acceptors (Lipinski definition) is 8. The molecule has 43 heavy (non-hydrogen) atoms. The van der Waals surface area contributed by atoms with E-state index in [0.717, 1.165) is 23.2 Å². The van der Waals surface area contributed by atoms with E-state index in [1.807, 2.05) is 34.0 Å². The Morgan fingerprint density at radius 1 is 1.33 bits per heavy atom. The summed E-state index contributed by atoms with van der Waals surface area (Å²) in [6, 6.07) is 5.36. The minimum Gasteiger partial charge on any atom is -0.489 e. The molecule has 1 aliphatic heterocycles. The third-order valence-corrected chi connectivity index (χ3v) is 8.08. The van der Waals surface area contributed by atoms with Crippen LogP contribution >= 0.6 is 11.6 Å². The van der Waals surface area contributed by atoms with E-state index in [-0.39, 0.29) is 24.2 Å². The van der Waals surface area contributed by atoms with E-state index in [9.17, 15) is 9.18 Å². The van der Waals surface area contributed by atoms with Gasteiger partial charge < -0.3 is 20.5 Å². The molecule has 2 radical (unpaired) electrons. The minimum absolute atomic E-state index is 0.0372. The molecule has 3 N–H and O–H groups in total. The molecule has 5 rings (SSSR count). The lowest BCUT2D eigenvalue weighted by Crippen LogP contribution is -2.38. The summed E-state index contributed by atoms with van der Waals surface area (Å²) in [6.45, 7) is 7.79. The van der Waals surface area contributed by atoms with E-state index in [2.05, 4.69) is 15.4 Å². The molecule has 0 fully saturated rings. The standard InChI is InChI=1S/C30H34BClFN7O3/c1-6-16(3)24(34)29(41)42-15-36-28-23-11-17(13-35-28)26-21(27(32)38-40(26)7-2)10-18-14-39(5)37-25(18)20-9-8-19(33)12-22(20)30(4,31)43-23/h8-9,11-14,16,24H,6-7,10,15,34H2,1-5H3,(H,35,36)/t16?,24?,30-/m1/s1. The Morgan fingerprint density at radius 2 is 2.09 bits per heavy atom. The first-order chi connectivity index (χ1) is 20.4. The number of carbonyl (C=O) groups is 1. The van der Waals surface area contributed by atoms with Crippen molar-refractivity contribution in [2.24, 2.45) is 18.7 Å². The number of nitrogens with zero attached hydrogens (tertiary/aromatic N) is 5. The second kappa shape index (κ2) is 12.0. The molecule has 4 aromatic rings. The van der Waals surface area contributed by atoms with Gasteiger partial charge in [-0.25, -0.2) is 9.37 Å². The quantitative estimate of drug-likeness (QED) is 0.176. The number of nitrogens with two attached hydrogens (primary N) is 1. The predicted octanol–water partition coefficient (Wildman–Crippen LogP) is 4.77. The fourth-order valence-corrected chi connectivity index (χ4v) is 5.47. The van der Waals surface area contributed by atoms with Crippen LogP contribution in [0.2, 0.25) is 5.15 Å². The lowest BCUT2D eigenvalue weighted by molar-refractivity contribution is -0.145. The number of carbonyl (C=O) groups excluding carboxylic acids is 1. The highest BCUT2D eigenvalue weighted by Gasteiger charge is 2.32. The maximum absolute atomic E-state index is 14.7. The summed E-state index contributed by atoms with van der Waals surface area (Å²) < 4.78 is 30.0. The van der Waals surface area contributed by atoms with Crippen molar-refractivity contribution in [2.75, 3.05) is 12.0 Å². The van der Waals surface area contributed by atoms with Gasteiger partial charge in [-0.05, 0) is 49.6 Å². The maximum atomic E-state index is 14.7. The Balaban J connectivity index is 1.64. The van der Waals surface area contributed by atoms with Gasteiger partial charge in [0.25, 0.3) is 0 Å². The van der Waals surface area contributed by atoms with E-state index in [1.165, 1.54) is 12.1 Å². The Bertz CT molecular complexity index is 1670. The van der Waals surface area contributed by atoms with Crippen LogP contribution in [-0.4, -0.2) is 51.1 Å². The molecule has 2 bridgehead atoms. The number of aryl methyl sites for hydroxylation is 2. The highest BCUT2D eigenvalue weighted by atomic mass is 35.5. The summed E-state index contributed by atoms with van der Waals surface area (Å²) >= 11 is 6.72. The average Bonchev–Trinajstić information content (AvgIpc) is 3.50. The van der Waals surface area contributed by atoms with Crippen molar-refractivity contribution in [3.63, 3.8) is 0 Å². The van der Waals surface area contributed by atoms with Gasteiger partial charge in [-0.3, -0.25) is 14.2 Å². The van der Waals surface area contributed by atoms with E-state index in [4.69, 9.17) is 39.8 Å². The number of pyridine rings is 1. The Hall–Kier alpha value is -3.90. The molecule has 13 heteroatoms. The number of benzene rings is 1. The van der Waals surface area contributed by atoms with Crippen molar-refractivity contribution in [3.8, 4) is 28.3 Å². The first-order valence-corrected chi connectivity index (χ1v) is 14.5. The van der Waals surface area contributed by atoms with Crippen LogP contribution in [0.25, 0.3) is 22.5 Å². The topological polar surface area (TPSA) is 122 Å². The fraction of sp³-hybridized carbons (Fsp3) is 0.400. The molecule has 0 saturated heterocycles. The van der Waals surface area contributed by atoms with Crippen LogP contribution in [0.5, 0.6) is 5.75 Å². The Labute approximate surface area is 256 Å². The van der Waals surface area contributed by atoms with Crippen molar-refractivity contribution in [1.82, 2.24) is 24.5 Å². The zero-order valence-corrected chi connectivity index (χ0v) is 25.6. The van der Waals surface area contributed by atoms with E-state index in [1.54, 1.807) is 34.6 Å². The van der Waals surface area contributed by atoms with Gasteiger partial charge in [-0.15, -0.1) is 0 Å². The second-order valence-corrected chi connectivity index (χ2v) is 11.3. The van der Waals surface area contributed by atoms with Gasteiger partial charge in [0, 0.05) is 54.7 Å². The smallest absolute Gasteiger partial charge is 0.324 e. The molecule has 0 amide bonds. The number of anilines is 1. The van der Waals surface area contributed by atoms with Crippen molar-refractivity contribution in [3.05, 3.63) is 64.3 Å². The van der Waals surface area contributed by atoms with Gasteiger partial charge in [0.2, 0.25) is 0 Å². The molecule has 0 spiro atoms. The van der Waals surface area contributed by atoms with Crippen LogP contribution in [0, 0.1) is 11.7 Å². The monoisotopic (exact) mass is 605 g/mol. The van der Waals surface area contributed by atoms with E-state index < -0.39 is 23.3 Å². The predicted molar refractivity (Wildman–Crippen MR) is 163 cm³/mol. The number of hydrogen-bond donors (Lipinski definition) is 2. The van der Waals surface area contributed by atoms with E-state index in [0.29, 0.717) is 40.5 Å². The van der Waals surface area contributed by atoms with Crippen molar-refractivity contribution < 1.29 is 18.7 Å². The summed E-state index contributed by atoms with van der Waals surface area (Å²) in [5.74, 6) is -0.548. The maximum Gasteiger partial charge on any atom is 0.324 e. The van der Waals surface area contributed by atoms with Gasteiger partial charge >= 0.3 is 5.97 Å². The van der Waals surface area contributed by atoms with Crippen LogP contribution in [0.15, 0.2) is 36.7 Å². The SMILES string of the molecule is [B][C@]1(C)Oc2cc(cnc2NCOC(=O)C(N)C(C)CC)-c2c(c(Cl)nn2CC)Cc2cn(C)nc2-c2ccc(F)cc21. The molecule has 224 valence electrons. The summed E-state index contributed by atoms with van der Waals surface area (Å²) in [7, 11) is 8.63. The van der Waals surface area contributed by atoms with Gasteiger partial charge in [-0.2, -0.15) is 10.2 Å². The van der Waals surface area contributed by atoms with Crippen LogP contribution in [0.4, 0.5) is 10.2 Å². The molecule has 3 atom stereocenters. The first kappa shape index (κ1) is 30.6. The molecule has 2 unspecified atom stereocenters. The second-order valence-electron chi connectivity index (χ2n) is 11.0. The largest absolute Gasteiger partial charge is 0.489 e. The zero-order valence-electron chi connectivity index (χ0n) is 24.8. The molecule has 0 aliphatic carbocycles. The number of halogens is 2. The molecule has 4 heterocycles. The lowest BCUT2D eigenvalue weighted by Gasteiger charge is -2.31. The molecule has 1 aliphatic rings. The molecule has 1 aromatic carbocycles. The number of aromatic nitrogens is 5. The molecule has 0 saturated carbocycles. The summed E-state index contributed by atoms with van der Waals surface area (Å²) in [4.78, 5) is 17.1. The normalized spacial score (nSPS) is 17.3. The average molecular weight is 606 g/mol. The van der Waals surface area contributed by atoms with E-state index >= 15 is 0 Å². The third-order valence-electron chi connectivity index (χ3n) is 7.78. The number of rotatable bonds is 7. The van der Waals surface area contributed by atoms with Gasteiger partial charge in [0.1, 0.15) is 19.7 Å². The van der Waals surface area contributed by atoms with Gasteiger partial charge in [0.15, 0.2) is 23.5 Å². The Morgan fingerprint density at radius 3 is 2.81 bits per heavy atom. The van der Waals surface area contributed by atoms with Gasteiger partial charge in [0.05, 0.1) is 16.9 Å². The van der Waals surface area contributed by atoms with Crippen LogP contribution < -0.4 is 15.8 Å². The highest BCUT2D eigenvalue weighted by Crippen LogP contribution is 2.41. The van der Waals surface area contributed by atoms with Crippen LogP contribution in [0.3, 0.4) is 0 Å². The van der Waals surface area contributed by atoms with Crippen molar-refractivity contribution in [1.29, 1.82) is 0 Å². The molecule has 3 aromatic heterocycles. The summed E-state index contributed by atoms with van der Waals surface area (Å²) in [6.07, 6.45) is 4.69. The summed E-state index contributed by atoms with van der Waals surface area (Å²) in [5.41, 5.74) is 9.16. The molecular weight excluding hydrogens is 572 g/mol. The highest BCUT2D eigenvalue weighted by molar-refractivity contribution is 6.30. The zero-order chi connectivity index (χ0) is 31.1. The van der Waals surface area contributed by atoms with Crippen molar-refractivity contribution >= 4 is 31.2 Å². The number of fused-ring (bicyclic) bond motifs is 7. The Kier molecular flexibility index (Phi) is 8.53. The fourth-order valence-electron chi connectivity index (χ4n) is 5.22. The molecular formula is C30H34BClFN7O3. The molecule has 10 nitrogen and oxygen atoms in total.